The predicted molar refractivity (Wildman–Crippen MR) is 79.0 cm³/mol. The van der Waals surface area contributed by atoms with Crippen LogP contribution in [-0.4, -0.2) is 19.2 Å². The Bertz CT molecular complexity index is 558. The number of pyridine rings is 1. The summed E-state index contributed by atoms with van der Waals surface area (Å²) in [5.41, 5.74) is 2.09. The van der Waals surface area contributed by atoms with E-state index in [9.17, 15) is 0 Å². The topological polar surface area (TPSA) is 43.4 Å². The maximum absolute atomic E-state index is 5.38. The van der Waals surface area contributed by atoms with Crippen molar-refractivity contribution < 1.29 is 9.47 Å². The monoisotopic (exact) mass is 272 g/mol. The van der Waals surface area contributed by atoms with Gasteiger partial charge in [-0.1, -0.05) is 24.3 Å². The molecule has 4 heteroatoms. The summed E-state index contributed by atoms with van der Waals surface area (Å²) in [5.74, 6) is 1.53. The first-order valence-electron chi connectivity index (χ1n) is 6.61. The van der Waals surface area contributed by atoms with Gasteiger partial charge in [0.25, 0.3) is 0 Å². The van der Waals surface area contributed by atoms with E-state index in [-0.39, 0.29) is 6.04 Å². The molecular formula is C16H20N2O2. The lowest BCUT2D eigenvalue weighted by molar-refractivity contribution is 0.393. The highest BCUT2D eigenvalue weighted by molar-refractivity contribution is 5.35. The second kappa shape index (κ2) is 6.91. The Labute approximate surface area is 119 Å². The number of hydrogen-bond acceptors (Lipinski definition) is 4. The number of methoxy groups -OCH3 is 2. The molecule has 0 saturated carbocycles. The van der Waals surface area contributed by atoms with Gasteiger partial charge < -0.3 is 14.8 Å². The number of rotatable bonds is 6. The fourth-order valence-corrected chi connectivity index (χ4v) is 2.06. The van der Waals surface area contributed by atoms with Crippen LogP contribution in [0.4, 0.5) is 0 Å². The van der Waals surface area contributed by atoms with Crippen LogP contribution in [0.2, 0.25) is 0 Å². The number of para-hydroxylation sites is 1. The summed E-state index contributed by atoms with van der Waals surface area (Å²) in [7, 11) is 3.31. The molecule has 0 fully saturated rings. The molecule has 4 nitrogen and oxygen atoms in total. The molecule has 2 rings (SSSR count). The van der Waals surface area contributed by atoms with E-state index in [2.05, 4.69) is 23.3 Å². The van der Waals surface area contributed by atoms with Crippen LogP contribution in [0.5, 0.6) is 11.6 Å². The second-order valence-corrected chi connectivity index (χ2v) is 4.52. The van der Waals surface area contributed by atoms with E-state index in [1.807, 2.05) is 36.4 Å². The smallest absolute Gasteiger partial charge is 0.213 e. The van der Waals surface area contributed by atoms with Gasteiger partial charge in [0.05, 0.1) is 19.9 Å². The first kappa shape index (κ1) is 14.3. The van der Waals surface area contributed by atoms with Crippen molar-refractivity contribution in [2.45, 2.75) is 19.5 Å². The molecule has 0 saturated heterocycles. The predicted octanol–water partition coefficient (Wildman–Crippen LogP) is 2.95. The zero-order valence-corrected chi connectivity index (χ0v) is 12.1. The second-order valence-electron chi connectivity index (χ2n) is 4.52. The highest BCUT2D eigenvalue weighted by atomic mass is 16.5. The van der Waals surface area contributed by atoms with Gasteiger partial charge in [0.1, 0.15) is 5.75 Å². The van der Waals surface area contributed by atoms with Crippen LogP contribution >= 0.6 is 0 Å². The van der Waals surface area contributed by atoms with Crippen molar-refractivity contribution in [3.05, 3.63) is 53.7 Å². The Morgan fingerprint density at radius 2 is 1.85 bits per heavy atom. The van der Waals surface area contributed by atoms with Crippen molar-refractivity contribution in [2.24, 2.45) is 0 Å². The molecule has 0 aliphatic heterocycles. The van der Waals surface area contributed by atoms with E-state index in [0.29, 0.717) is 12.4 Å². The van der Waals surface area contributed by atoms with Crippen LogP contribution in [-0.2, 0) is 6.54 Å². The van der Waals surface area contributed by atoms with Gasteiger partial charge in [-0.05, 0) is 19.1 Å². The normalized spacial score (nSPS) is 11.9. The van der Waals surface area contributed by atoms with Crippen molar-refractivity contribution in [3.8, 4) is 11.6 Å². The van der Waals surface area contributed by atoms with Gasteiger partial charge in [-0.3, -0.25) is 0 Å². The first-order valence-corrected chi connectivity index (χ1v) is 6.61. The Balaban J connectivity index is 2.02. The Morgan fingerprint density at radius 1 is 1.05 bits per heavy atom. The van der Waals surface area contributed by atoms with Crippen molar-refractivity contribution in [1.82, 2.24) is 10.3 Å². The minimum Gasteiger partial charge on any atom is -0.496 e. The molecule has 1 atom stereocenters. The first-order chi connectivity index (χ1) is 9.74. The number of aromatic nitrogens is 1. The highest BCUT2D eigenvalue weighted by Crippen LogP contribution is 2.24. The average Bonchev–Trinajstić information content (AvgIpc) is 2.52. The van der Waals surface area contributed by atoms with Gasteiger partial charge >= 0.3 is 0 Å². The fourth-order valence-electron chi connectivity index (χ4n) is 2.06. The maximum atomic E-state index is 5.38. The third-order valence-electron chi connectivity index (χ3n) is 3.19. The Hall–Kier alpha value is -2.07. The van der Waals surface area contributed by atoms with E-state index in [1.54, 1.807) is 14.2 Å². The molecule has 2 aromatic rings. The van der Waals surface area contributed by atoms with E-state index in [1.165, 1.54) is 0 Å². The lowest BCUT2D eigenvalue weighted by Gasteiger charge is -2.17. The van der Waals surface area contributed by atoms with Crippen LogP contribution in [0, 0.1) is 0 Å². The van der Waals surface area contributed by atoms with Crippen molar-refractivity contribution >= 4 is 0 Å². The average molecular weight is 272 g/mol. The molecule has 0 bridgehead atoms. The lowest BCUT2D eigenvalue weighted by Crippen LogP contribution is -2.19. The molecule has 20 heavy (non-hydrogen) atoms. The summed E-state index contributed by atoms with van der Waals surface area (Å²) in [5, 5.41) is 3.44. The summed E-state index contributed by atoms with van der Waals surface area (Å²) < 4.78 is 10.5. The van der Waals surface area contributed by atoms with E-state index in [0.717, 1.165) is 17.0 Å². The van der Waals surface area contributed by atoms with Gasteiger partial charge in [0.2, 0.25) is 5.88 Å². The zero-order chi connectivity index (χ0) is 14.4. The molecule has 1 unspecified atom stereocenters. The molecule has 0 aliphatic carbocycles. The number of ether oxygens (including phenoxy) is 2. The minimum absolute atomic E-state index is 0.180. The molecule has 1 aromatic heterocycles. The van der Waals surface area contributed by atoms with Gasteiger partial charge in [-0.25, -0.2) is 4.98 Å². The molecular weight excluding hydrogens is 252 g/mol. The molecule has 106 valence electrons. The highest BCUT2D eigenvalue weighted by Gasteiger charge is 2.10. The van der Waals surface area contributed by atoms with Gasteiger partial charge in [-0.15, -0.1) is 0 Å². The largest absolute Gasteiger partial charge is 0.496 e. The fraction of sp³-hybridized carbons (Fsp3) is 0.312. The third-order valence-corrected chi connectivity index (χ3v) is 3.19. The van der Waals surface area contributed by atoms with Crippen LogP contribution in [0.1, 0.15) is 24.2 Å². The SMILES string of the molecule is COc1cccc(CNC(C)c2ccccc2OC)n1. The van der Waals surface area contributed by atoms with Gasteiger partial charge in [0.15, 0.2) is 0 Å². The van der Waals surface area contributed by atoms with Crippen LogP contribution in [0.25, 0.3) is 0 Å². The molecule has 0 amide bonds. The van der Waals surface area contributed by atoms with Crippen LogP contribution in [0.3, 0.4) is 0 Å². The number of benzene rings is 1. The molecule has 1 N–H and O–H groups in total. The van der Waals surface area contributed by atoms with Crippen molar-refractivity contribution in [3.63, 3.8) is 0 Å². The summed E-state index contributed by atoms with van der Waals surface area (Å²) >= 11 is 0. The zero-order valence-electron chi connectivity index (χ0n) is 12.1. The quantitative estimate of drug-likeness (QED) is 0.878. The molecule has 0 aliphatic rings. The maximum Gasteiger partial charge on any atom is 0.213 e. The summed E-state index contributed by atoms with van der Waals surface area (Å²) in [6, 6.07) is 14.0. The molecule has 0 radical (unpaired) electrons. The van der Waals surface area contributed by atoms with Crippen molar-refractivity contribution in [2.75, 3.05) is 14.2 Å². The summed E-state index contributed by atoms with van der Waals surface area (Å²) in [6.07, 6.45) is 0. The van der Waals surface area contributed by atoms with Gasteiger partial charge in [-0.2, -0.15) is 0 Å². The van der Waals surface area contributed by atoms with E-state index in [4.69, 9.17) is 9.47 Å². The van der Waals surface area contributed by atoms with Crippen LogP contribution in [0.15, 0.2) is 42.5 Å². The van der Waals surface area contributed by atoms with Crippen LogP contribution < -0.4 is 14.8 Å². The molecule has 1 heterocycles. The summed E-state index contributed by atoms with van der Waals surface area (Å²) in [4.78, 5) is 4.38. The molecule has 0 spiro atoms. The number of nitrogens with one attached hydrogen (secondary N) is 1. The Morgan fingerprint density at radius 3 is 2.60 bits per heavy atom. The Kier molecular flexibility index (Phi) is 4.96. The number of nitrogens with zero attached hydrogens (tertiary/aromatic N) is 1. The van der Waals surface area contributed by atoms with Crippen molar-refractivity contribution in [1.29, 1.82) is 0 Å². The minimum atomic E-state index is 0.180. The summed E-state index contributed by atoms with van der Waals surface area (Å²) in [6.45, 7) is 2.79. The number of hydrogen-bond donors (Lipinski definition) is 1. The van der Waals surface area contributed by atoms with E-state index >= 15 is 0 Å². The van der Waals surface area contributed by atoms with Gasteiger partial charge in [0, 0.05) is 24.2 Å². The molecule has 1 aromatic carbocycles. The lowest BCUT2D eigenvalue weighted by atomic mass is 10.1. The standard InChI is InChI=1S/C16H20N2O2/c1-12(14-8-4-5-9-15(14)19-2)17-11-13-7-6-10-16(18-13)20-3/h4-10,12,17H,11H2,1-3H3. The third kappa shape index (κ3) is 3.48. The van der Waals surface area contributed by atoms with E-state index < -0.39 is 0 Å².